The molecule has 1 heterocycles. The summed E-state index contributed by atoms with van der Waals surface area (Å²) in [6, 6.07) is 3.37. The first-order valence-electron chi connectivity index (χ1n) is 8.24. The fourth-order valence-corrected chi connectivity index (χ4v) is 2.44. The first-order valence-corrected chi connectivity index (χ1v) is 8.24. The van der Waals surface area contributed by atoms with Gasteiger partial charge in [0.25, 0.3) is 0 Å². The predicted octanol–water partition coefficient (Wildman–Crippen LogP) is 4.28. The molecule has 0 aliphatic carbocycles. The van der Waals surface area contributed by atoms with Crippen molar-refractivity contribution in [3.8, 4) is 0 Å². The molecule has 0 unspecified atom stereocenters. The zero-order valence-electron chi connectivity index (χ0n) is 15.7. The molecule has 1 aliphatic rings. The molecule has 0 aromatic heterocycles. The minimum absolute atomic E-state index is 0.00558. The van der Waals surface area contributed by atoms with Crippen LogP contribution in [0.4, 0.5) is 21.5 Å². The van der Waals surface area contributed by atoms with Gasteiger partial charge in [-0.25, -0.2) is 4.39 Å². The van der Waals surface area contributed by atoms with Gasteiger partial charge in [0.1, 0.15) is 5.67 Å². The maximum absolute atomic E-state index is 13.9. The molecule has 1 aromatic carbocycles. The maximum Gasteiger partial charge on any atom is 0.237 e. The highest BCUT2D eigenvalue weighted by molar-refractivity contribution is 6.08. The van der Waals surface area contributed by atoms with Crippen molar-refractivity contribution in [1.82, 2.24) is 0 Å². The van der Waals surface area contributed by atoms with Crippen LogP contribution >= 0.6 is 0 Å². The van der Waals surface area contributed by atoms with E-state index in [-0.39, 0.29) is 12.5 Å². The molecular weight excluding hydrogens is 293 g/mol. The summed E-state index contributed by atoms with van der Waals surface area (Å²) < 4.78 is 13.9. The Labute approximate surface area is 140 Å². The second-order valence-corrected chi connectivity index (χ2v) is 6.23. The smallest absolute Gasteiger partial charge is 0.237 e. The number of benzene rings is 1. The van der Waals surface area contributed by atoms with Crippen LogP contribution in [0.1, 0.15) is 61.0 Å². The number of rotatable bonds is 2. The van der Waals surface area contributed by atoms with Crippen LogP contribution in [0.25, 0.3) is 0 Å². The first-order chi connectivity index (χ1) is 10.5. The Hall–Kier alpha value is -1.78. The number of carbonyl (C=O) groups is 1. The highest BCUT2D eigenvalue weighted by Gasteiger charge is 2.45. The number of amides is 1. The van der Waals surface area contributed by atoms with Crippen LogP contribution in [0, 0.1) is 0 Å². The van der Waals surface area contributed by atoms with Crippen molar-refractivity contribution < 1.29 is 9.18 Å². The van der Waals surface area contributed by atoms with E-state index in [1.807, 2.05) is 41.5 Å². The van der Waals surface area contributed by atoms with E-state index in [0.29, 0.717) is 17.1 Å². The molecule has 1 aromatic rings. The van der Waals surface area contributed by atoms with Crippen molar-refractivity contribution in [3.05, 3.63) is 17.7 Å². The summed E-state index contributed by atoms with van der Waals surface area (Å²) in [5, 5.41) is 0. The van der Waals surface area contributed by atoms with Gasteiger partial charge in [0.05, 0.1) is 29.0 Å². The zero-order chi connectivity index (χ0) is 18.6. The number of nitrogen functional groups attached to an aromatic ring is 2. The van der Waals surface area contributed by atoms with E-state index < -0.39 is 11.1 Å². The number of nitrogens with two attached hydrogens (primary N) is 2. The number of anilines is 3. The largest absolute Gasteiger partial charge is 0.397 e. The third-order valence-corrected chi connectivity index (χ3v) is 3.48. The summed E-state index contributed by atoms with van der Waals surface area (Å²) in [5.74, 6) is -0.127. The molecule has 132 valence electrons. The van der Waals surface area contributed by atoms with E-state index in [1.54, 1.807) is 12.1 Å². The maximum atomic E-state index is 13.9. The number of hydrogen-bond donors (Lipinski definition) is 2. The molecule has 0 atom stereocenters. The van der Waals surface area contributed by atoms with Crippen molar-refractivity contribution in [3.63, 3.8) is 0 Å². The second-order valence-electron chi connectivity index (χ2n) is 6.23. The van der Waals surface area contributed by atoms with Crippen molar-refractivity contribution in [2.75, 3.05) is 22.9 Å². The van der Waals surface area contributed by atoms with Gasteiger partial charge in [-0.15, -0.1) is 0 Å². The molecule has 0 saturated heterocycles. The van der Waals surface area contributed by atoms with Gasteiger partial charge in [-0.1, -0.05) is 27.7 Å². The Morgan fingerprint density at radius 2 is 1.52 bits per heavy atom. The predicted molar refractivity (Wildman–Crippen MR) is 98.5 cm³/mol. The molecule has 0 fully saturated rings. The van der Waals surface area contributed by atoms with E-state index in [9.17, 15) is 9.18 Å². The summed E-state index contributed by atoms with van der Waals surface area (Å²) >= 11 is 0. The Kier molecular flexibility index (Phi) is 7.07. The third-order valence-electron chi connectivity index (χ3n) is 3.48. The Balaban J connectivity index is 0.00000112. The average molecular weight is 325 g/mol. The molecular formula is C18H32FN3O. The highest BCUT2D eigenvalue weighted by Crippen LogP contribution is 2.44. The van der Waals surface area contributed by atoms with E-state index in [4.69, 9.17) is 11.5 Å². The average Bonchev–Trinajstić information content (AvgIpc) is 2.64. The number of hydrogen-bond acceptors (Lipinski definition) is 3. The Morgan fingerprint density at radius 3 is 1.96 bits per heavy atom. The SMILES string of the molecule is CC.CC.CC(C)(F)CN1C(=O)C(C)(C)c2cc(N)c(N)cc21. The lowest BCUT2D eigenvalue weighted by Crippen LogP contribution is -2.42. The quantitative estimate of drug-likeness (QED) is 0.797. The number of alkyl halides is 1. The summed E-state index contributed by atoms with van der Waals surface area (Å²) in [7, 11) is 0. The first kappa shape index (κ1) is 21.2. The van der Waals surface area contributed by atoms with Gasteiger partial charge in [0.15, 0.2) is 0 Å². The van der Waals surface area contributed by atoms with Crippen LogP contribution in [0.2, 0.25) is 0 Å². The van der Waals surface area contributed by atoms with E-state index in [2.05, 4.69) is 0 Å². The molecule has 1 aliphatic heterocycles. The van der Waals surface area contributed by atoms with Crippen LogP contribution in [0.3, 0.4) is 0 Å². The lowest BCUT2D eigenvalue weighted by molar-refractivity contribution is -0.122. The van der Waals surface area contributed by atoms with Gasteiger partial charge in [-0.05, 0) is 45.4 Å². The van der Waals surface area contributed by atoms with E-state index in [0.717, 1.165) is 5.56 Å². The van der Waals surface area contributed by atoms with Crippen LogP contribution < -0.4 is 16.4 Å². The normalized spacial score (nSPS) is 15.2. The van der Waals surface area contributed by atoms with Gasteiger partial charge < -0.3 is 16.4 Å². The molecule has 1 amide bonds. The molecule has 0 radical (unpaired) electrons. The number of halogens is 1. The van der Waals surface area contributed by atoms with E-state index >= 15 is 0 Å². The standard InChI is InChI=1S/C14H20FN3O.2C2H6/c1-13(2,15)7-18-11-6-10(17)9(16)5-8(11)14(3,4)12(18)19;2*1-2/h5-6H,7,16-17H2,1-4H3;2*1-2H3. The molecule has 2 rings (SSSR count). The lowest BCUT2D eigenvalue weighted by atomic mass is 9.86. The van der Waals surface area contributed by atoms with Crippen LogP contribution in [-0.2, 0) is 10.2 Å². The minimum Gasteiger partial charge on any atom is -0.397 e. The van der Waals surface area contributed by atoms with Gasteiger partial charge in [0, 0.05) is 0 Å². The van der Waals surface area contributed by atoms with Crippen molar-refractivity contribution >= 4 is 23.0 Å². The number of fused-ring (bicyclic) bond motifs is 1. The fraction of sp³-hybridized carbons (Fsp3) is 0.611. The Morgan fingerprint density at radius 1 is 1.09 bits per heavy atom. The summed E-state index contributed by atoms with van der Waals surface area (Å²) in [5.41, 5.74) is 11.7. The van der Waals surface area contributed by atoms with Crippen LogP contribution in [0.15, 0.2) is 12.1 Å². The van der Waals surface area contributed by atoms with Crippen LogP contribution in [0.5, 0.6) is 0 Å². The van der Waals surface area contributed by atoms with Gasteiger partial charge in [-0.2, -0.15) is 0 Å². The fourth-order valence-electron chi connectivity index (χ4n) is 2.44. The number of carbonyl (C=O) groups excluding carboxylic acids is 1. The summed E-state index contributed by atoms with van der Waals surface area (Å²) in [6.07, 6.45) is 0. The second kappa shape index (κ2) is 7.66. The minimum atomic E-state index is -1.47. The summed E-state index contributed by atoms with van der Waals surface area (Å²) in [6.45, 7) is 14.5. The molecule has 23 heavy (non-hydrogen) atoms. The highest BCUT2D eigenvalue weighted by atomic mass is 19.1. The van der Waals surface area contributed by atoms with Crippen molar-refractivity contribution in [1.29, 1.82) is 0 Å². The Bertz CT molecular complexity index is 548. The monoisotopic (exact) mass is 325 g/mol. The van der Waals surface area contributed by atoms with Gasteiger partial charge in [-0.3, -0.25) is 4.79 Å². The molecule has 0 spiro atoms. The van der Waals surface area contributed by atoms with E-state index in [1.165, 1.54) is 18.7 Å². The molecule has 5 heteroatoms. The zero-order valence-corrected chi connectivity index (χ0v) is 15.7. The van der Waals surface area contributed by atoms with Gasteiger partial charge in [0.2, 0.25) is 5.91 Å². The molecule has 0 bridgehead atoms. The van der Waals surface area contributed by atoms with Crippen molar-refractivity contribution in [2.24, 2.45) is 0 Å². The molecule has 0 saturated carbocycles. The third kappa shape index (κ3) is 4.36. The molecule has 4 N–H and O–H groups in total. The van der Waals surface area contributed by atoms with Crippen molar-refractivity contribution in [2.45, 2.75) is 66.5 Å². The number of nitrogens with zero attached hydrogens (tertiary/aromatic N) is 1. The van der Waals surface area contributed by atoms with Gasteiger partial charge >= 0.3 is 0 Å². The molecule has 4 nitrogen and oxygen atoms in total. The van der Waals surface area contributed by atoms with Crippen LogP contribution in [-0.4, -0.2) is 18.1 Å². The topological polar surface area (TPSA) is 72.3 Å². The lowest BCUT2D eigenvalue weighted by Gasteiger charge is -2.25. The summed E-state index contributed by atoms with van der Waals surface area (Å²) in [4.78, 5) is 13.9.